The van der Waals surface area contributed by atoms with Crippen LogP contribution in [0.3, 0.4) is 0 Å². The Labute approximate surface area is 88.3 Å². The SMILES string of the molecule is Cn1nccc1COc1ccc(N)cc1. The summed E-state index contributed by atoms with van der Waals surface area (Å²) in [5, 5.41) is 4.06. The van der Waals surface area contributed by atoms with Gasteiger partial charge in [-0.15, -0.1) is 0 Å². The van der Waals surface area contributed by atoms with Crippen molar-refractivity contribution >= 4 is 5.69 Å². The number of benzene rings is 1. The molecule has 15 heavy (non-hydrogen) atoms. The molecule has 78 valence electrons. The smallest absolute Gasteiger partial charge is 0.130 e. The van der Waals surface area contributed by atoms with Gasteiger partial charge in [-0.1, -0.05) is 0 Å². The third-order valence-corrected chi connectivity index (χ3v) is 2.19. The third-order valence-electron chi connectivity index (χ3n) is 2.19. The number of nitrogen functional groups attached to an aromatic ring is 1. The van der Waals surface area contributed by atoms with E-state index in [4.69, 9.17) is 10.5 Å². The molecule has 0 spiro atoms. The van der Waals surface area contributed by atoms with Gasteiger partial charge in [0.1, 0.15) is 12.4 Å². The zero-order valence-electron chi connectivity index (χ0n) is 8.55. The fraction of sp³-hybridized carbons (Fsp3) is 0.182. The Morgan fingerprint density at radius 3 is 2.60 bits per heavy atom. The van der Waals surface area contributed by atoms with Gasteiger partial charge in [0.25, 0.3) is 0 Å². The van der Waals surface area contributed by atoms with Crippen molar-refractivity contribution in [3.05, 3.63) is 42.2 Å². The van der Waals surface area contributed by atoms with Crippen molar-refractivity contribution in [2.75, 3.05) is 5.73 Å². The fourth-order valence-corrected chi connectivity index (χ4v) is 1.26. The Kier molecular flexibility index (Phi) is 2.58. The van der Waals surface area contributed by atoms with Crippen LogP contribution in [-0.4, -0.2) is 9.78 Å². The first-order valence-electron chi connectivity index (χ1n) is 4.71. The fourth-order valence-electron chi connectivity index (χ4n) is 1.26. The molecule has 2 aromatic rings. The third kappa shape index (κ3) is 2.28. The summed E-state index contributed by atoms with van der Waals surface area (Å²) in [4.78, 5) is 0. The van der Waals surface area contributed by atoms with Crippen molar-refractivity contribution < 1.29 is 4.74 Å². The van der Waals surface area contributed by atoms with E-state index in [1.807, 2.05) is 37.4 Å². The Balaban J connectivity index is 1.99. The molecular formula is C11H13N3O. The first-order chi connectivity index (χ1) is 7.25. The lowest BCUT2D eigenvalue weighted by Gasteiger charge is -2.06. The highest BCUT2D eigenvalue weighted by atomic mass is 16.5. The van der Waals surface area contributed by atoms with Crippen LogP contribution in [-0.2, 0) is 13.7 Å². The van der Waals surface area contributed by atoms with Gasteiger partial charge in [0.05, 0.1) is 5.69 Å². The highest BCUT2D eigenvalue weighted by Gasteiger charge is 1.99. The van der Waals surface area contributed by atoms with E-state index in [1.54, 1.807) is 10.9 Å². The van der Waals surface area contributed by atoms with Crippen LogP contribution in [0.15, 0.2) is 36.5 Å². The average molecular weight is 203 g/mol. The summed E-state index contributed by atoms with van der Waals surface area (Å²) in [6.07, 6.45) is 1.75. The molecule has 0 unspecified atom stereocenters. The molecule has 1 heterocycles. The van der Waals surface area contributed by atoms with Gasteiger partial charge in [-0.2, -0.15) is 5.10 Å². The van der Waals surface area contributed by atoms with Crippen LogP contribution in [0.25, 0.3) is 0 Å². The van der Waals surface area contributed by atoms with Gasteiger partial charge in [-0.3, -0.25) is 4.68 Å². The number of nitrogens with two attached hydrogens (primary N) is 1. The van der Waals surface area contributed by atoms with E-state index >= 15 is 0 Å². The van der Waals surface area contributed by atoms with Crippen molar-refractivity contribution in [2.45, 2.75) is 6.61 Å². The van der Waals surface area contributed by atoms with Crippen molar-refractivity contribution in [1.82, 2.24) is 9.78 Å². The Hall–Kier alpha value is -1.97. The molecule has 0 saturated heterocycles. The van der Waals surface area contributed by atoms with Gasteiger partial charge >= 0.3 is 0 Å². The van der Waals surface area contributed by atoms with Crippen molar-refractivity contribution in [2.24, 2.45) is 7.05 Å². The molecule has 1 aromatic carbocycles. The van der Waals surface area contributed by atoms with E-state index in [0.29, 0.717) is 6.61 Å². The first kappa shape index (κ1) is 9.58. The number of nitrogens with zero attached hydrogens (tertiary/aromatic N) is 2. The first-order valence-corrected chi connectivity index (χ1v) is 4.71. The van der Waals surface area contributed by atoms with Gasteiger partial charge in [-0.05, 0) is 30.3 Å². The van der Waals surface area contributed by atoms with E-state index in [2.05, 4.69) is 5.10 Å². The van der Waals surface area contributed by atoms with Crippen molar-refractivity contribution in [3.8, 4) is 5.75 Å². The molecule has 0 fully saturated rings. The molecule has 4 heteroatoms. The molecule has 1 aromatic heterocycles. The Morgan fingerprint density at radius 1 is 1.27 bits per heavy atom. The quantitative estimate of drug-likeness (QED) is 0.770. The molecule has 0 aliphatic heterocycles. The molecule has 4 nitrogen and oxygen atoms in total. The minimum absolute atomic E-state index is 0.514. The maximum absolute atomic E-state index is 5.57. The maximum atomic E-state index is 5.57. The minimum atomic E-state index is 0.514. The van der Waals surface area contributed by atoms with Crippen LogP contribution >= 0.6 is 0 Å². The number of hydrogen-bond acceptors (Lipinski definition) is 3. The predicted octanol–water partition coefficient (Wildman–Crippen LogP) is 1.58. The van der Waals surface area contributed by atoms with Crippen LogP contribution in [0.4, 0.5) is 5.69 Å². The van der Waals surface area contributed by atoms with Crippen LogP contribution in [0, 0.1) is 0 Å². The van der Waals surface area contributed by atoms with E-state index in [0.717, 1.165) is 17.1 Å². The second-order valence-electron chi connectivity index (χ2n) is 3.30. The van der Waals surface area contributed by atoms with Crippen LogP contribution in [0.5, 0.6) is 5.75 Å². The summed E-state index contributed by atoms with van der Waals surface area (Å²) in [5.41, 5.74) is 7.34. The molecule has 0 amide bonds. The van der Waals surface area contributed by atoms with Crippen LogP contribution in [0.1, 0.15) is 5.69 Å². The van der Waals surface area contributed by atoms with Gasteiger partial charge in [0, 0.05) is 18.9 Å². The second-order valence-corrected chi connectivity index (χ2v) is 3.30. The number of hydrogen-bond donors (Lipinski definition) is 1. The summed E-state index contributed by atoms with van der Waals surface area (Å²) in [5.74, 6) is 0.811. The number of rotatable bonds is 3. The maximum Gasteiger partial charge on any atom is 0.130 e. The van der Waals surface area contributed by atoms with E-state index < -0.39 is 0 Å². The molecule has 2 N–H and O–H groups in total. The predicted molar refractivity (Wildman–Crippen MR) is 58.4 cm³/mol. The van der Waals surface area contributed by atoms with Crippen molar-refractivity contribution in [3.63, 3.8) is 0 Å². The second kappa shape index (κ2) is 4.04. The lowest BCUT2D eigenvalue weighted by Crippen LogP contribution is -2.02. The number of aromatic nitrogens is 2. The number of anilines is 1. The zero-order valence-corrected chi connectivity index (χ0v) is 8.55. The number of ether oxygens (including phenoxy) is 1. The van der Waals surface area contributed by atoms with Crippen LogP contribution in [0.2, 0.25) is 0 Å². The number of aryl methyl sites for hydroxylation is 1. The molecule has 2 rings (SSSR count). The Bertz CT molecular complexity index is 433. The standard InChI is InChI=1S/C11H13N3O/c1-14-10(6-7-13-14)8-15-11-4-2-9(12)3-5-11/h2-7H,8,12H2,1H3. The molecule has 0 atom stereocenters. The highest BCUT2D eigenvalue weighted by Crippen LogP contribution is 2.14. The average Bonchev–Trinajstić information content (AvgIpc) is 2.63. The van der Waals surface area contributed by atoms with E-state index in [9.17, 15) is 0 Å². The summed E-state index contributed by atoms with van der Waals surface area (Å²) < 4.78 is 7.36. The summed E-state index contributed by atoms with van der Waals surface area (Å²) in [6, 6.07) is 9.27. The van der Waals surface area contributed by atoms with E-state index in [-0.39, 0.29) is 0 Å². The monoisotopic (exact) mass is 203 g/mol. The normalized spacial score (nSPS) is 10.2. The molecule has 0 aliphatic carbocycles. The van der Waals surface area contributed by atoms with Gasteiger partial charge in [-0.25, -0.2) is 0 Å². The van der Waals surface area contributed by atoms with Crippen LogP contribution < -0.4 is 10.5 Å². The zero-order chi connectivity index (χ0) is 10.7. The molecule has 0 saturated carbocycles. The van der Waals surface area contributed by atoms with Gasteiger partial charge < -0.3 is 10.5 Å². The van der Waals surface area contributed by atoms with Crippen molar-refractivity contribution in [1.29, 1.82) is 0 Å². The Morgan fingerprint density at radius 2 is 2.00 bits per heavy atom. The lowest BCUT2D eigenvalue weighted by atomic mass is 10.3. The largest absolute Gasteiger partial charge is 0.487 e. The summed E-state index contributed by atoms with van der Waals surface area (Å²) in [7, 11) is 1.89. The minimum Gasteiger partial charge on any atom is -0.487 e. The molecular weight excluding hydrogens is 190 g/mol. The van der Waals surface area contributed by atoms with Gasteiger partial charge in [0.15, 0.2) is 0 Å². The molecule has 0 bridgehead atoms. The summed E-state index contributed by atoms with van der Waals surface area (Å²) in [6.45, 7) is 0.514. The molecule has 0 radical (unpaired) electrons. The lowest BCUT2D eigenvalue weighted by molar-refractivity contribution is 0.295. The topological polar surface area (TPSA) is 53.1 Å². The highest BCUT2D eigenvalue weighted by molar-refractivity contribution is 5.41. The van der Waals surface area contributed by atoms with Gasteiger partial charge in [0.2, 0.25) is 0 Å². The van der Waals surface area contributed by atoms with E-state index in [1.165, 1.54) is 0 Å². The summed E-state index contributed by atoms with van der Waals surface area (Å²) >= 11 is 0. The molecule has 0 aliphatic rings.